The monoisotopic (exact) mass is 384 g/mol. The van der Waals surface area contributed by atoms with Crippen LogP contribution in [0.1, 0.15) is 5.76 Å². The molecule has 10 heteroatoms. The van der Waals surface area contributed by atoms with Crippen LogP contribution >= 0.6 is 11.6 Å². The Morgan fingerprint density at radius 3 is 2.78 bits per heavy atom. The number of amides is 1. The number of fused-ring (bicyclic) bond motifs is 1. The Kier molecular flexibility index (Phi) is 4.43. The first-order valence-corrected chi connectivity index (χ1v) is 8.35. The van der Waals surface area contributed by atoms with Gasteiger partial charge in [0.25, 0.3) is 5.56 Å². The van der Waals surface area contributed by atoms with Gasteiger partial charge in [-0.05, 0) is 36.4 Å². The number of carbonyl (C=O) groups is 1. The van der Waals surface area contributed by atoms with E-state index in [1.165, 1.54) is 21.8 Å². The van der Waals surface area contributed by atoms with E-state index in [0.29, 0.717) is 22.1 Å². The summed E-state index contributed by atoms with van der Waals surface area (Å²) in [6.45, 7) is 0.0549. The van der Waals surface area contributed by atoms with Crippen molar-refractivity contribution in [2.75, 3.05) is 0 Å². The zero-order valence-corrected chi connectivity index (χ0v) is 14.6. The first kappa shape index (κ1) is 17.0. The van der Waals surface area contributed by atoms with Crippen molar-refractivity contribution in [1.29, 1.82) is 0 Å². The molecule has 0 bridgehead atoms. The molecule has 9 nitrogen and oxygen atoms in total. The average molecular weight is 385 g/mol. The molecule has 0 atom stereocenters. The smallest absolute Gasteiger partial charge is 0.284 e. The maximum absolute atomic E-state index is 12.6. The molecule has 0 spiro atoms. The van der Waals surface area contributed by atoms with E-state index in [1.54, 1.807) is 36.4 Å². The van der Waals surface area contributed by atoms with Crippen molar-refractivity contribution in [3.63, 3.8) is 0 Å². The molecule has 3 heterocycles. The topological polar surface area (TPSA) is 108 Å². The van der Waals surface area contributed by atoms with Crippen LogP contribution in [0.2, 0.25) is 5.02 Å². The van der Waals surface area contributed by atoms with E-state index in [-0.39, 0.29) is 24.5 Å². The van der Waals surface area contributed by atoms with Gasteiger partial charge >= 0.3 is 0 Å². The predicted octanol–water partition coefficient (Wildman–Crippen LogP) is 1.54. The molecule has 1 aromatic carbocycles. The highest BCUT2D eigenvalue weighted by atomic mass is 35.5. The van der Waals surface area contributed by atoms with Crippen LogP contribution in [0.5, 0.6) is 0 Å². The second-order valence-electron chi connectivity index (χ2n) is 5.68. The first-order chi connectivity index (χ1) is 13.1. The summed E-state index contributed by atoms with van der Waals surface area (Å²) in [7, 11) is 0. The van der Waals surface area contributed by atoms with Crippen LogP contribution in [0.25, 0.3) is 16.9 Å². The molecule has 1 N–H and O–H groups in total. The van der Waals surface area contributed by atoms with Crippen LogP contribution in [-0.2, 0) is 17.9 Å². The molecule has 0 fully saturated rings. The summed E-state index contributed by atoms with van der Waals surface area (Å²) in [6, 6.07) is 10.4. The van der Waals surface area contributed by atoms with Gasteiger partial charge < -0.3 is 9.73 Å². The Morgan fingerprint density at radius 2 is 2.04 bits per heavy atom. The van der Waals surface area contributed by atoms with Gasteiger partial charge in [-0.3, -0.25) is 14.2 Å². The largest absolute Gasteiger partial charge is 0.467 e. The van der Waals surface area contributed by atoms with Gasteiger partial charge in [-0.2, -0.15) is 4.68 Å². The zero-order valence-electron chi connectivity index (χ0n) is 13.9. The number of carbonyl (C=O) groups excluding carboxylic acids is 1. The van der Waals surface area contributed by atoms with Gasteiger partial charge in [0.1, 0.15) is 18.6 Å². The van der Waals surface area contributed by atoms with Crippen molar-refractivity contribution < 1.29 is 9.21 Å². The molecule has 4 aromatic rings. The predicted molar refractivity (Wildman–Crippen MR) is 96.5 cm³/mol. The summed E-state index contributed by atoms with van der Waals surface area (Å²) in [5.41, 5.74) is 0.594. The highest BCUT2D eigenvalue weighted by Crippen LogP contribution is 2.15. The first-order valence-electron chi connectivity index (χ1n) is 7.98. The SMILES string of the molecule is O=C(Cn1cnc2c(nnn2-c2ccc(Cl)cc2)c1=O)NCc1ccco1. The highest BCUT2D eigenvalue weighted by Gasteiger charge is 2.15. The lowest BCUT2D eigenvalue weighted by atomic mass is 10.3. The van der Waals surface area contributed by atoms with E-state index in [4.69, 9.17) is 16.0 Å². The summed E-state index contributed by atoms with van der Waals surface area (Å²) in [6.07, 6.45) is 2.82. The van der Waals surface area contributed by atoms with Crippen molar-refractivity contribution in [2.45, 2.75) is 13.1 Å². The minimum Gasteiger partial charge on any atom is -0.467 e. The molecule has 136 valence electrons. The van der Waals surface area contributed by atoms with Crippen molar-refractivity contribution in [2.24, 2.45) is 0 Å². The van der Waals surface area contributed by atoms with Crippen LogP contribution in [0, 0.1) is 0 Å². The Balaban J connectivity index is 1.56. The van der Waals surface area contributed by atoms with E-state index in [9.17, 15) is 9.59 Å². The van der Waals surface area contributed by atoms with Crippen molar-refractivity contribution in [1.82, 2.24) is 29.9 Å². The average Bonchev–Trinajstić information content (AvgIpc) is 3.33. The van der Waals surface area contributed by atoms with Crippen molar-refractivity contribution in [3.05, 3.63) is 70.1 Å². The maximum Gasteiger partial charge on any atom is 0.284 e. The van der Waals surface area contributed by atoms with Crippen molar-refractivity contribution >= 4 is 28.7 Å². The number of hydrogen-bond acceptors (Lipinski definition) is 6. The highest BCUT2D eigenvalue weighted by molar-refractivity contribution is 6.30. The van der Waals surface area contributed by atoms with Crippen LogP contribution in [0.3, 0.4) is 0 Å². The van der Waals surface area contributed by atoms with Crippen molar-refractivity contribution in [3.8, 4) is 5.69 Å². The minimum absolute atomic E-state index is 0.0753. The fourth-order valence-corrected chi connectivity index (χ4v) is 2.65. The van der Waals surface area contributed by atoms with Gasteiger partial charge in [-0.15, -0.1) is 5.10 Å². The van der Waals surface area contributed by atoms with Crippen LogP contribution in [0.4, 0.5) is 0 Å². The third-order valence-electron chi connectivity index (χ3n) is 3.85. The fraction of sp³-hybridized carbons (Fsp3) is 0.118. The third-order valence-corrected chi connectivity index (χ3v) is 4.11. The number of aromatic nitrogens is 5. The molecule has 27 heavy (non-hydrogen) atoms. The summed E-state index contributed by atoms with van der Waals surface area (Å²) in [5.74, 6) is 0.273. The van der Waals surface area contributed by atoms with Gasteiger partial charge in [-0.1, -0.05) is 16.8 Å². The molecule has 0 radical (unpaired) electrons. The molecule has 1 amide bonds. The molecule has 0 aliphatic carbocycles. The lowest BCUT2D eigenvalue weighted by molar-refractivity contribution is -0.122. The number of benzene rings is 1. The minimum atomic E-state index is -0.451. The summed E-state index contributed by atoms with van der Waals surface area (Å²) in [4.78, 5) is 28.9. The van der Waals surface area contributed by atoms with E-state index in [1.807, 2.05) is 0 Å². The molecule has 0 saturated carbocycles. The molecular formula is C17H13ClN6O3. The summed E-state index contributed by atoms with van der Waals surface area (Å²) >= 11 is 5.89. The normalized spacial score (nSPS) is 11.0. The van der Waals surface area contributed by atoms with E-state index >= 15 is 0 Å². The van der Waals surface area contributed by atoms with Gasteiger partial charge in [0.2, 0.25) is 5.91 Å². The molecule has 4 rings (SSSR count). The Morgan fingerprint density at radius 1 is 1.22 bits per heavy atom. The van der Waals surface area contributed by atoms with Crippen LogP contribution in [-0.4, -0.2) is 30.5 Å². The lowest BCUT2D eigenvalue weighted by Gasteiger charge is -2.06. The number of hydrogen-bond donors (Lipinski definition) is 1. The fourth-order valence-electron chi connectivity index (χ4n) is 2.52. The summed E-state index contributed by atoms with van der Waals surface area (Å²) < 4.78 is 7.76. The van der Waals surface area contributed by atoms with Gasteiger partial charge in [0.05, 0.1) is 18.5 Å². The van der Waals surface area contributed by atoms with Gasteiger partial charge in [-0.25, -0.2) is 4.98 Å². The number of nitrogens with one attached hydrogen (secondary N) is 1. The molecule has 0 aliphatic rings. The number of nitrogens with zero attached hydrogens (tertiary/aromatic N) is 5. The van der Waals surface area contributed by atoms with Crippen LogP contribution in [0.15, 0.2) is 58.2 Å². The number of rotatable bonds is 5. The second-order valence-corrected chi connectivity index (χ2v) is 6.12. The second kappa shape index (κ2) is 7.04. The Hall–Kier alpha value is -3.46. The molecule has 0 unspecified atom stereocenters. The van der Waals surface area contributed by atoms with E-state index in [2.05, 4.69) is 20.6 Å². The molecular weight excluding hydrogens is 372 g/mol. The zero-order chi connectivity index (χ0) is 18.8. The number of furan rings is 1. The summed E-state index contributed by atoms with van der Waals surface area (Å²) in [5, 5.41) is 11.1. The van der Waals surface area contributed by atoms with Gasteiger partial charge in [0.15, 0.2) is 11.2 Å². The molecule has 0 aliphatic heterocycles. The standard InChI is InChI=1S/C17H13ClN6O3/c18-11-3-5-12(6-4-11)24-16-15(21-22-24)17(26)23(10-20-16)9-14(25)19-8-13-2-1-7-27-13/h1-7,10H,8-9H2,(H,19,25). The van der Waals surface area contributed by atoms with E-state index in [0.717, 1.165) is 0 Å². The van der Waals surface area contributed by atoms with Crippen LogP contribution < -0.4 is 10.9 Å². The quantitative estimate of drug-likeness (QED) is 0.559. The van der Waals surface area contributed by atoms with Gasteiger partial charge in [0, 0.05) is 5.02 Å². The Bertz CT molecular complexity index is 1150. The molecule has 3 aromatic heterocycles. The number of halogens is 1. The third kappa shape index (κ3) is 3.44. The van der Waals surface area contributed by atoms with E-state index < -0.39 is 5.56 Å². The maximum atomic E-state index is 12.6. The Labute approximate surface area is 157 Å². The molecule has 0 saturated heterocycles. The lowest BCUT2D eigenvalue weighted by Crippen LogP contribution is -2.32.